The van der Waals surface area contributed by atoms with Crippen LogP contribution in [-0.2, 0) is 0 Å². The molecule has 1 aliphatic rings. The number of rotatable bonds is 5. The number of hydrogen-bond acceptors (Lipinski definition) is 4. The van der Waals surface area contributed by atoms with Gasteiger partial charge in [-0.05, 0) is 31.2 Å². The molecular weight excluding hydrogens is 256 g/mol. The molecule has 2 rings (SSSR count). The molecule has 0 unspecified atom stereocenters. The number of hydrogen-bond donors (Lipinski definition) is 1. The van der Waals surface area contributed by atoms with Crippen LogP contribution in [0.3, 0.4) is 0 Å². The fourth-order valence-corrected chi connectivity index (χ4v) is 3.43. The normalized spacial score (nSPS) is 15.4. The Morgan fingerprint density at radius 1 is 1.42 bits per heavy atom. The van der Waals surface area contributed by atoms with E-state index >= 15 is 0 Å². The van der Waals surface area contributed by atoms with Gasteiger partial charge in [0.2, 0.25) is 0 Å². The molecule has 1 fully saturated rings. The lowest BCUT2D eigenvalue weighted by molar-refractivity contribution is 0.297. The van der Waals surface area contributed by atoms with Crippen LogP contribution in [-0.4, -0.2) is 30.6 Å². The van der Waals surface area contributed by atoms with Crippen molar-refractivity contribution < 1.29 is 5.11 Å². The average Bonchev–Trinajstić information content (AvgIpc) is 2.97. The second-order valence-corrected chi connectivity index (χ2v) is 5.67. The molecule has 0 aliphatic heterocycles. The second kappa shape index (κ2) is 6.83. The summed E-state index contributed by atoms with van der Waals surface area (Å²) in [4.78, 5) is 3.24. The van der Waals surface area contributed by atoms with E-state index in [2.05, 4.69) is 11.0 Å². The number of benzene rings is 1. The Bertz CT molecular complexity index is 464. The van der Waals surface area contributed by atoms with Gasteiger partial charge in [-0.2, -0.15) is 5.26 Å². The fourth-order valence-electron chi connectivity index (χ4n) is 2.86. The Morgan fingerprint density at radius 2 is 2.16 bits per heavy atom. The van der Waals surface area contributed by atoms with Gasteiger partial charge in [0.1, 0.15) is 6.07 Å². The summed E-state index contributed by atoms with van der Waals surface area (Å²) in [5.41, 5.74) is 1.73. The molecule has 1 aliphatic carbocycles. The van der Waals surface area contributed by atoms with Crippen LogP contribution in [0.2, 0.25) is 0 Å². The summed E-state index contributed by atoms with van der Waals surface area (Å²) in [6.45, 7) is 0.738. The topological polar surface area (TPSA) is 47.3 Å². The van der Waals surface area contributed by atoms with Crippen LogP contribution in [0.25, 0.3) is 0 Å². The average molecular weight is 276 g/mol. The lowest BCUT2D eigenvalue weighted by Crippen LogP contribution is -2.36. The molecule has 0 aromatic heterocycles. The Balaban J connectivity index is 2.38. The molecule has 1 N–H and O–H groups in total. The molecule has 19 heavy (non-hydrogen) atoms. The van der Waals surface area contributed by atoms with Crippen LogP contribution >= 0.6 is 11.8 Å². The first-order valence-electron chi connectivity index (χ1n) is 6.76. The van der Waals surface area contributed by atoms with Gasteiger partial charge in [-0.15, -0.1) is 11.8 Å². The monoisotopic (exact) mass is 276 g/mol. The number of aliphatic hydroxyl groups excluding tert-OH is 1. The summed E-state index contributed by atoms with van der Waals surface area (Å²) >= 11 is 1.60. The molecule has 0 bridgehead atoms. The van der Waals surface area contributed by atoms with Gasteiger partial charge in [0.15, 0.2) is 0 Å². The minimum atomic E-state index is 0.130. The van der Waals surface area contributed by atoms with E-state index in [0.29, 0.717) is 12.6 Å². The van der Waals surface area contributed by atoms with E-state index in [1.807, 2.05) is 24.5 Å². The summed E-state index contributed by atoms with van der Waals surface area (Å²) in [7, 11) is 0. The van der Waals surface area contributed by atoms with Gasteiger partial charge in [-0.3, -0.25) is 0 Å². The van der Waals surface area contributed by atoms with Crippen LogP contribution in [0.4, 0.5) is 5.69 Å². The predicted octanol–water partition coefficient (Wildman–Crippen LogP) is 3.02. The first-order valence-corrected chi connectivity index (χ1v) is 7.99. The first-order chi connectivity index (χ1) is 9.31. The summed E-state index contributed by atoms with van der Waals surface area (Å²) in [6.07, 6.45) is 6.81. The zero-order valence-electron chi connectivity index (χ0n) is 11.3. The molecule has 0 amide bonds. The maximum absolute atomic E-state index is 9.44. The Hall–Kier alpha value is -1.18. The van der Waals surface area contributed by atoms with E-state index in [9.17, 15) is 10.4 Å². The molecule has 0 heterocycles. The van der Waals surface area contributed by atoms with Crippen molar-refractivity contribution in [2.45, 2.75) is 36.6 Å². The van der Waals surface area contributed by atoms with E-state index in [1.54, 1.807) is 11.8 Å². The van der Waals surface area contributed by atoms with Crippen LogP contribution in [0.1, 0.15) is 31.2 Å². The first kappa shape index (κ1) is 14.2. The van der Waals surface area contributed by atoms with Gasteiger partial charge in [0.25, 0.3) is 0 Å². The number of nitriles is 1. The third kappa shape index (κ3) is 3.05. The van der Waals surface area contributed by atoms with Crippen molar-refractivity contribution in [3.63, 3.8) is 0 Å². The summed E-state index contributed by atoms with van der Waals surface area (Å²) in [5, 5.41) is 18.8. The van der Waals surface area contributed by atoms with Crippen LogP contribution in [0.15, 0.2) is 23.1 Å². The summed E-state index contributed by atoms with van der Waals surface area (Å²) in [6, 6.07) is 8.79. The van der Waals surface area contributed by atoms with Crippen molar-refractivity contribution in [2.75, 3.05) is 24.3 Å². The quantitative estimate of drug-likeness (QED) is 0.840. The number of anilines is 1. The zero-order valence-corrected chi connectivity index (χ0v) is 12.1. The number of nitrogens with zero attached hydrogens (tertiary/aromatic N) is 2. The molecule has 102 valence electrons. The van der Waals surface area contributed by atoms with Crippen molar-refractivity contribution in [3.05, 3.63) is 23.8 Å². The predicted molar refractivity (Wildman–Crippen MR) is 79.6 cm³/mol. The standard InChI is InChI=1S/C15H20N2OS/c1-19-15-8-4-7-14(13(15)11-16)17(9-10-18)12-5-2-3-6-12/h4,7-8,12,18H,2-3,5-6,9-10H2,1H3. The minimum absolute atomic E-state index is 0.130. The molecule has 1 aromatic rings. The van der Waals surface area contributed by atoms with Crippen molar-refractivity contribution in [3.8, 4) is 6.07 Å². The Labute approximate surface area is 119 Å². The van der Waals surface area contributed by atoms with Crippen molar-refractivity contribution in [2.24, 2.45) is 0 Å². The number of aliphatic hydroxyl groups is 1. The fraction of sp³-hybridized carbons (Fsp3) is 0.533. The van der Waals surface area contributed by atoms with Crippen molar-refractivity contribution in [1.82, 2.24) is 0 Å². The largest absolute Gasteiger partial charge is 0.395 e. The molecule has 0 atom stereocenters. The summed E-state index contributed by atoms with van der Waals surface area (Å²) in [5.74, 6) is 0. The van der Waals surface area contributed by atoms with E-state index < -0.39 is 0 Å². The second-order valence-electron chi connectivity index (χ2n) is 4.82. The molecule has 3 nitrogen and oxygen atoms in total. The zero-order chi connectivity index (χ0) is 13.7. The molecule has 0 saturated heterocycles. The van der Waals surface area contributed by atoms with Crippen LogP contribution < -0.4 is 4.90 Å². The lowest BCUT2D eigenvalue weighted by atomic mass is 10.1. The highest BCUT2D eigenvalue weighted by atomic mass is 32.2. The van der Waals surface area contributed by atoms with Crippen molar-refractivity contribution in [1.29, 1.82) is 5.26 Å². The van der Waals surface area contributed by atoms with Gasteiger partial charge in [-0.1, -0.05) is 18.9 Å². The van der Waals surface area contributed by atoms with Gasteiger partial charge in [0, 0.05) is 17.5 Å². The molecule has 0 radical (unpaired) electrons. The molecule has 0 spiro atoms. The van der Waals surface area contributed by atoms with Gasteiger partial charge < -0.3 is 10.0 Å². The van der Waals surface area contributed by atoms with E-state index in [4.69, 9.17) is 0 Å². The van der Waals surface area contributed by atoms with Gasteiger partial charge in [0.05, 0.1) is 17.9 Å². The smallest absolute Gasteiger partial charge is 0.103 e. The Morgan fingerprint density at radius 3 is 2.74 bits per heavy atom. The van der Waals surface area contributed by atoms with E-state index in [1.165, 1.54) is 12.8 Å². The summed E-state index contributed by atoms with van der Waals surface area (Å²) < 4.78 is 0. The maximum atomic E-state index is 9.44. The minimum Gasteiger partial charge on any atom is -0.395 e. The van der Waals surface area contributed by atoms with Gasteiger partial charge >= 0.3 is 0 Å². The van der Waals surface area contributed by atoms with Crippen LogP contribution in [0.5, 0.6) is 0 Å². The number of thioether (sulfide) groups is 1. The molecule has 4 heteroatoms. The molecule has 1 aromatic carbocycles. The molecular formula is C15H20N2OS. The Kier molecular flexibility index (Phi) is 5.12. The maximum Gasteiger partial charge on any atom is 0.103 e. The molecule has 1 saturated carbocycles. The van der Waals surface area contributed by atoms with Crippen LogP contribution in [0, 0.1) is 11.3 Å². The highest BCUT2D eigenvalue weighted by Crippen LogP contribution is 2.33. The third-order valence-electron chi connectivity index (χ3n) is 3.75. The lowest BCUT2D eigenvalue weighted by Gasteiger charge is -2.31. The van der Waals surface area contributed by atoms with E-state index in [0.717, 1.165) is 29.0 Å². The van der Waals surface area contributed by atoms with E-state index in [-0.39, 0.29) is 6.61 Å². The highest BCUT2D eigenvalue weighted by Gasteiger charge is 2.24. The van der Waals surface area contributed by atoms with Crippen molar-refractivity contribution >= 4 is 17.4 Å². The van der Waals surface area contributed by atoms with Gasteiger partial charge in [-0.25, -0.2) is 0 Å². The SMILES string of the molecule is CSc1cccc(N(CCO)C2CCCC2)c1C#N. The third-order valence-corrected chi connectivity index (χ3v) is 4.53. The highest BCUT2D eigenvalue weighted by molar-refractivity contribution is 7.98.